The molecule has 1 atom stereocenters. The Hall–Kier alpha value is -3.09. The molecule has 3 heterocycles. The third-order valence-corrected chi connectivity index (χ3v) is 6.59. The third-order valence-electron chi connectivity index (χ3n) is 6.59. The van der Waals surface area contributed by atoms with Gasteiger partial charge >= 0.3 is 0 Å². The van der Waals surface area contributed by atoms with Crippen LogP contribution in [0.15, 0.2) is 40.3 Å². The normalized spacial score (nSPS) is 20.5. The fraction of sp³-hybridized carbons (Fsp3) is 0.480. The first-order valence-corrected chi connectivity index (χ1v) is 11.8. The maximum Gasteiger partial charge on any atom is 0.258 e. The number of hydrogen-bond acceptors (Lipinski definition) is 6. The lowest BCUT2D eigenvalue weighted by Crippen LogP contribution is -2.36. The van der Waals surface area contributed by atoms with Gasteiger partial charge in [0, 0.05) is 36.7 Å². The first kappa shape index (κ1) is 20.8. The zero-order valence-electron chi connectivity index (χ0n) is 18.6. The maximum atomic E-state index is 13.4. The molecule has 32 heavy (non-hydrogen) atoms. The van der Waals surface area contributed by atoms with Crippen LogP contribution in [0.25, 0.3) is 0 Å². The Balaban J connectivity index is 1.59. The van der Waals surface area contributed by atoms with E-state index in [1.807, 2.05) is 24.3 Å². The lowest BCUT2D eigenvalue weighted by Gasteiger charge is -2.34. The van der Waals surface area contributed by atoms with Crippen molar-refractivity contribution in [3.63, 3.8) is 0 Å². The molecule has 3 aliphatic rings. The van der Waals surface area contributed by atoms with Crippen LogP contribution in [0.3, 0.4) is 0 Å². The summed E-state index contributed by atoms with van der Waals surface area (Å²) in [5.41, 5.74) is 2.89. The number of Topliss-reactive ketones (excluding diaryl/α,β-unsaturated/α-hetero) is 1. The number of aromatic nitrogens is 2. The molecule has 2 aliphatic heterocycles. The van der Waals surface area contributed by atoms with Crippen molar-refractivity contribution in [2.24, 2.45) is 0 Å². The summed E-state index contributed by atoms with van der Waals surface area (Å²) < 4.78 is 5.72. The zero-order valence-corrected chi connectivity index (χ0v) is 18.6. The van der Waals surface area contributed by atoms with Crippen LogP contribution in [0.5, 0.6) is 5.75 Å². The molecular weight excluding hydrogens is 404 g/mol. The summed E-state index contributed by atoms with van der Waals surface area (Å²) >= 11 is 0. The van der Waals surface area contributed by atoms with Gasteiger partial charge in [0.2, 0.25) is 5.95 Å². The topological polar surface area (TPSA) is 87.3 Å². The van der Waals surface area contributed by atoms with Crippen LogP contribution in [0.2, 0.25) is 0 Å². The minimum Gasteiger partial charge on any atom is -0.494 e. The van der Waals surface area contributed by atoms with E-state index in [1.165, 1.54) is 6.42 Å². The Kier molecular flexibility index (Phi) is 5.72. The van der Waals surface area contributed by atoms with Gasteiger partial charge in [-0.15, -0.1) is 0 Å². The van der Waals surface area contributed by atoms with Crippen LogP contribution in [-0.2, 0) is 4.79 Å². The molecule has 0 amide bonds. The second kappa shape index (κ2) is 8.81. The van der Waals surface area contributed by atoms with Crippen molar-refractivity contribution < 1.29 is 9.53 Å². The Morgan fingerprint density at radius 1 is 1.06 bits per heavy atom. The Morgan fingerprint density at radius 3 is 2.59 bits per heavy atom. The van der Waals surface area contributed by atoms with Crippen molar-refractivity contribution in [1.82, 2.24) is 9.97 Å². The van der Waals surface area contributed by atoms with E-state index in [2.05, 4.69) is 22.1 Å². The van der Waals surface area contributed by atoms with Gasteiger partial charge in [0.05, 0.1) is 12.2 Å². The van der Waals surface area contributed by atoms with E-state index < -0.39 is 5.92 Å². The Bertz CT molecular complexity index is 1100. The number of nitrogens with one attached hydrogen (secondary N) is 2. The number of benzene rings is 1. The first-order valence-electron chi connectivity index (χ1n) is 11.8. The number of ether oxygens (including phenoxy) is 1. The summed E-state index contributed by atoms with van der Waals surface area (Å²) in [4.78, 5) is 36.4. The molecule has 1 aliphatic carbocycles. The molecule has 2 N–H and O–H groups in total. The highest BCUT2D eigenvalue weighted by molar-refractivity contribution is 6.00. The lowest BCUT2D eigenvalue weighted by atomic mass is 9.76. The van der Waals surface area contributed by atoms with Crippen LogP contribution >= 0.6 is 0 Å². The van der Waals surface area contributed by atoms with Crippen molar-refractivity contribution in [3.8, 4) is 5.75 Å². The van der Waals surface area contributed by atoms with Crippen LogP contribution in [0, 0.1) is 0 Å². The number of piperidine rings is 1. The molecule has 1 unspecified atom stereocenters. The first-order chi connectivity index (χ1) is 15.7. The smallest absolute Gasteiger partial charge is 0.258 e. The zero-order chi connectivity index (χ0) is 22.1. The van der Waals surface area contributed by atoms with Gasteiger partial charge in [-0.25, -0.2) is 0 Å². The highest BCUT2D eigenvalue weighted by Crippen LogP contribution is 2.43. The number of nitrogens with zero attached hydrogens (tertiary/aromatic N) is 2. The molecule has 0 bridgehead atoms. The van der Waals surface area contributed by atoms with E-state index in [0.29, 0.717) is 35.9 Å². The van der Waals surface area contributed by atoms with E-state index >= 15 is 0 Å². The molecular formula is C25H30N4O3. The standard InChI is InChI=1S/C25H30N4O3/c1-2-15-32-17-11-9-16(10-12-17)20-21-18(7-6-8-19(21)30)26-23-22(20)24(31)28-25(27-23)29-13-4-3-5-14-29/h9-12,20H,2-8,13-15H2,1H3,(H2,26,27,28,31). The van der Waals surface area contributed by atoms with E-state index in [4.69, 9.17) is 9.72 Å². The number of carbonyl (C=O) groups excluding carboxylic acids is 1. The van der Waals surface area contributed by atoms with Gasteiger partial charge in [-0.1, -0.05) is 19.1 Å². The molecule has 168 valence electrons. The van der Waals surface area contributed by atoms with Crippen molar-refractivity contribution in [3.05, 3.63) is 57.0 Å². The summed E-state index contributed by atoms with van der Waals surface area (Å²) in [5.74, 6) is 1.69. The molecule has 0 radical (unpaired) electrons. The largest absolute Gasteiger partial charge is 0.494 e. The van der Waals surface area contributed by atoms with Gasteiger partial charge < -0.3 is 15.0 Å². The molecule has 1 aromatic heterocycles. The minimum atomic E-state index is -0.416. The minimum absolute atomic E-state index is 0.111. The average molecular weight is 435 g/mol. The maximum absolute atomic E-state index is 13.4. The molecule has 1 aromatic carbocycles. The summed E-state index contributed by atoms with van der Waals surface area (Å²) in [7, 11) is 0. The van der Waals surface area contributed by atoms with Gasteiger partial charge in [0.15, 0.2) is 5.78 Å². The van der Waals surface area contributed by atoms with Gasteiger partial charge in [0.1, 0.15) is 11.6 Å². The number of rotatable bonds is 5. The fourth-order valence-corrected chi connectivity index (χ4v) is 5.01. The van der Waals surface area contributed by atoms with Gasteiger partial charge in [0.25, 0.3) is 5.56 Å². The number of H-pyrrole nitrogens is 1. The van der Waals surface area contributed by atoms with Crippen molar-refractivity contribution >= 4 is 17.5 Å². The summed E-state index contributed by atoms with van der Waals surface area (Å²) in [6.45, 7) is 4.53. The van der Waals surface area contributed by atoms with Crippen LogP contribution in [-0.4, -0.2) is 35.4 Å². The highest BCUT2D eigenvalue weighted by atomic mass is 16.5. The molecule has 2 aromatic rings. The number of anilines is 2. The molecule has 5 rings (SSSR count). The van der Waals surface area contributed by atoms with Crippen LogP contribution in [0.1, 0.15) is 68.9 Å². The third kappa shape index (κ3) is 3.80. The van der Waals surface area contributed by atoms with Crippen molar-refractivity contribution in [2.45, 2.75) is 57.8 Å². The molecule has 7 nitrogen and oxygen atoms in total. The van der Waals surface area contributed by atoms with Crippen molar-refractivity contribution in [1.29, 1.82) is 0 Å². The molecule has 0 spiro atoms. The number of fused-ring (bicyclic) bond motifs is 1. The second-order valence-corrected chi connectivity index (χ2v) is 8.84. The molecule has 0 saturated carbocycles. The molecule has 1 saturated heterocycles. The van der Waals surface area contributed by atoms with E-state index in [9.17, 15) is 9.59 Å². The summed E-state index contributed by atoms with van der Waals surface area (Å²) in [6, 6.07) is 7.78. The lowest BCUT2D eigenvalue weighted by molar-refractivity contribution is -0.116. The summed E-state index contributed by atoms with van der Waals surface area (Å²) in [6.07, 6.45) is 6.49. The van der Waals surface area contributed by atoms with E-state index in [-0.39, 0.29) is 11.3 Å². The molecule has 7 heteroatoms. The number of carbonyl (C=O) groups is 1. The SMILES string of the molecule is CCCOc1ccc(C2C3=C(CCCC3=O)Nc3nc(N4CCCCC4)[nH]c(=O)c32)cc1. The number of aromatic amines is 1. The quantitative estimate of drug-likeness (QED) is 0.736. The van der Waals surface area contributed by atoms with Crippen molar-refractivity contribution in [2.75, 3.05) is 29.9 Å². The predicted octanol–water partition coefficient (Wildman–Crippen LogP) is 4.11. The Labute approximate surface area is 187 Å². The average Bonchev–Trinajstić information content (AvgIpc) is 2.82. The monoisotopic (exact) mass is 434 g/mol. The van der Waals surface area contributed by atoms with Crippen LogP contribution < -0.4 is 20.5 Å². The number of ketones is 1. The second-order valence-electron chi connectivity index (χ2n) is 8.84. The molecule has 1 fully saturated rings. The van der Waals surface area contributed by atoms with Gasteiger partial charge in [-0.3, -0.25) is 14.6 Å². The predicted molar refractivity (Wildman–Crippen MR) is 124 cm³/mol. The Morgan fingerprint density at radius 2 is 1.84 bits per heavy atom. The van der Waals surface area contributed by atoms with Gasteiger partial charge in [-0.05, 0) is 56.2 Å². The van der Waals surface area contributed by atoms with E-state index in [1.54, 1.807) is 0 Å². The summed E-state index contributed by atoms with van der Waals surface area (Å²) in [5, 5.41) is 3.37. The fourth-order valence-electron chi connectivity index (χ4n) is 5.01. The number of hydrogen-bond donors (Lipinski definition) is 2. The highest BCUT2D eigenvalue weighted by Gasteiger charge is 2.38. The van der Waals surface area contributed by atoms with Crippen LogP contribution in [0.4, 0.5) is 11.8 Å². The van der Waals surface area contributed by atoms with E-state index in [0.717, 1.165) is 62.2 Å². The van der Waals surface area contributed by atoms with Gasteiger partial charge in [-0.2, -0.15) is 4.98 Å². The number of allylic oxidation sites excluding steroid dienone is 2.